The average molecular weight is 315 g/mol. The topological polar surface area (TPSA) is 42.7 Å². The van der Waals surface area contributed by atoms with E-state index >= 15 is 0 Å². The van der Waals surface area contributed by atoms with E-state index < -0.39 is 0 Å². The molecule has 1 amide bonds. The molecule has 2 aliphatic heterocycles. The number of hydrogen-bond donors (Lipinski definition) is 0. The molecule has 0 unspecified atom stereocenters. The molecule has 3 heterocycles. The lowest BCUT2D eigenvalue weighted by Crippen LogP contribution is -2.43. The van der Waals surface area contributed by atoms with Crippen molar-refractivity contribution in [1.82, 2.24) is 0 Å². The van der Waals surface area contributed by atoms with Gasteiger partial charge in [-0.05, 0) is 36.8 Å². The fourth-order valence-electron chi connectivity index (χ4n) is 3.82. The SMILES string of the molecule is CCC(=O)N1c2ccc(F)cc2[C@@H]2OCC[C@@H]2[C@@H]1c1ccco1. The van der Waals surface area contributed by atoms with Gasteiger partial charge in [-0.25, -0.2) is 4.39 Å². The summed E-state index contributed by atoms with van der Waals surface area (Å²) in [6, 6.07) is 8.07. The van der Waals surface area contributed by atoms with Crippen molar-refractivity contribution in [1.29, 1.82) is 0 Å². The Morgan fingerprint density at radius 3 is 3.00 bits per heavy atom. The van der Waals surface area contributed by atoms with Gasteiger partial charge in [0.1, 0.15) is 17.6 Å². The highest BCUT2D eigenvalue weighted by molar-refractivity contribution is 5.95. The van der Waals surface area contributed by atoms with Crippen LogP contribution in [0.2, 0.25) is 0 Å². The number of anilines is 1. The number of hydrogen-bond acceptors (Lipinski definition) is 3. The van der Waals surface area contributed by atoms with Crippen LogP contribution in [0.1, 0.15) is 43.2 Å². The summed E-state index contributed by atoms with van der Waals surface area (Å²) in [4.78, 5) is 14.4. The van der Waals surface area contributed by atoms with E-state index in [1.54, 1.807) is 17.2 Å². The van der Waals surface area contributed by atoms with Crippen molar-refractivity contribution < 1.29 is 18.3 Å². The molecule has 0 radical (unpaired) electrons. The lowest BCUT2D eigenvalue weighted by Gasteiger charge is -2.42. The van der Waals surface area contributed by atoms with E-state index in [1.165, 1.54) is 12.1 Å². The highest BCUT2D eigenvalue weighted by atomic mass is 19.1. The molecule has 23 heavy (non-hydrogen) atoms. The normalized spacial score (nSPS) is 26.0. The summed E-state index contributed by atoms with van der Waals surface area (Å²) in [6.07, 6.45) is 2.62. The molecular formula is C18H18FNO3. The second kappa shape index (κ2) is 5.49. The van der Waals surface area contributed by atoms with Crippen LogP contribution in [0.3, 0.4) is 0 Å². The van der Waals surface area contributed by atoms with Crippen LogP contribution in [0.5, 0.6) is 0 Å². The molecule has 1 aromatic heterocycles. The molecule has 2 aliphatic rings. The van der Waals surface area contributed by atoms with Crippen molar-refractivity contribution >= 4 is 11.6 Å². The Hall–Kier alpha value is -2.14. The van der Waals surface area contributed by atoms with Crippen LogP contribution in [0.25, 0.3) is 0 Å². The second-order valence-corrected chi connectivity index (χ2v) is 6.02. The molecule has 2 aromatic rings. The maximum atomic E-state index is 13.8. The molecule has 1 saturated heterocycles. The third kappa shape index (κ3) is 2.18. The Morgan fingerprint density at radius 2 is 2.26 bits per heavy atom. The second-order valence-electron chi connectivity index (χ2n) is 6.02. The van der Waals surface area contributed by atoms with Gasteiger partial charge in [0, 0.05) is 24.5 Å². The van der Waals surface area contributed by atoms with Crippen molar-refractivity contribution in [2.24, 2.45) is 5.92 Å². The Kier molecular flexibility index (Phi) is 3.45. The first-order valence-corrected chi connectivity index (χ1v) is 7.97. The third-order valence-corrected chi connectivity index (χ3v) is 4.78. The number of benzene rings is 1. The first kappa shape index (κ1) is 14.5. The van der Waals surface area contributed by atoms with Crippen LogP contribution in [-0.2, 0) is 9.53 Å². The molecule has 0 saturated carbocycles. The molecule has 1 fully saturated rings. The van der Waals surface area contributed by atoms with Gasteiger partial charge >= 0.3 is 0 Å². The predicted octanol–water partition coefficient (Wildman–Crippen LogP) is 3.99. The molecule has 0 spiro atoms. The van der Waals surface area contributed by atoms with Crippen LogP contribution in [-0.4, -0.2) is 12.5 Å². The molecule has 5 heteroatoms. The standard InChI is InChI=1S/C18H18FNO3/c1-2-16(21)20-14-6-5-11(19)10-13(14)18-12(7-9-23-18)17(20)15-4-3-8-22-15/h3-6,8,10,12,17-18H,2,7,9H2,1H3/t12-,17-,18-/m1/s1. The predicted molar refractivity (Wildman–Crippen MR) is 82.4 cm³/mol. The van der Waals surface area contributed by atoms with E-state index in [4.69, 9.17) is 9.15 Å². The third-order valence-electron chi connectivity index (χ3n) is 4.78. The maximum absolute atomic E-state index is 13.8. The molecule has 0 bridgehead atoms. The van der Waals surface area contributed by atoms with Crippen LogP contribution >= 0.6 is 0 Å². The zero-order valence-electron chi connectivity index (χ0n) is 12.9. The molecular weight excluding hydrogens is 297 g/mol. The average Bonchev–Trinajstić information content (AvgIpc) is 3.24. The van der Waals surface area contributed by atoms with Gasteiger partial charge in [-0.3, -0.25) is 4.79 Å². The smallest absolute Gasteiger partial charge is 0.227 e. The van der Waals surface area contributed by atoms with Crippen LogP contribution in [0, 0.1) is 11.7 Å². The summed E-state index contributed by atoms with van der Waals surface area (Å²) in [5.41, 5.74) is 1.49. The minimum absolute atomic E-state index is 0.00427. The van der Waals surface area contributed by atoms with E-state index in [-0.39, 0.29) is 29.8 Å². The summed E-state index contributed by atoms with van der Waals surface area (Å²) in [5, 5.41) is 0. The van der Waals surface area contributed by atoms with Gasteiger partial charge in [0.15, 0.2) is 0 Å². The number of furan rings is 1. The summed E-state index contributed by atoms with van der Waals surface area (Å²) in [6.45, 7) is 2.44. The van der Waals surface area contributed by atoms with Crippen molar-refractivity contribution in [3.63, 3.8) is 0 Å². The number of carbonyl (C=O) groups is 1. The number of nitrogens with zero attached hydrogens (tertiary/aromatic N) is 1. The Labute approximate surface area is 133 Å². The fraction of sp³-hybridized carbons (Fsp3) is 0.389. The summed E-state index contributed by atoms with van der Waals surface area (Å²) >= 11 is 0. The molecule has 1 aromatic carbocycles. The fourth-order valence-corrected chi connectivity index (χ4v) is 3.82. The Balaban J connectivity index is 1.91. The Morgan fingerprint density at radius 1 is 1.39 bits per heavy atom. The minimum atomic E-state index is -0.307. The summed E-state index contributed by atoms with van der Waals surface area (Å²) < 4.78 is 25.3. The number of carbonyl (C=O) groups excluding carboxylic acids is 1. The van der Waals surface area contributed by atoms with Gasteiger partial charge in [0.2, 0.25) is 5.91 Å². The van der Waals surface area contributed by atoms with Crippen molar-refractivity contribution in [2.75, 3.05) is 11.5 Å². The summed E-state index contributed by atoms with van der Waals surface area (Å²) in [5.74, 6) is 0.524. The zero-order chi connectivity index (χ0) is 16.0. The zero-order valence-corrected chi connectivity index (χ0v) is 12.9. The van der Waals surface area contributed by atoms with E-state index in [9.17, 15) is 9.18 Å². The lowest BCUT2D eigenvalue weighted by atomic mass is 9.81. The van der Waals surface area contributed by atoms with E-state index in [1.807, 2.05) is 19.1 Å². The molecule has 0 N–H and O–H groups in total. The molecule has 120 valence electrons. The number of amides is 1. The first-order valence-electron chi connectivity index (χ1n) is 7.97. The van der Waals surface area contributed by atoms with Gasteiger partial charge in [-0.15, -0.1) is 0 Å². The van der Waals surface area contributed by atoms with E-state index in [0.29, 0.717) is 13.0 Å². The van der Waals surface area contributed by atoms with E-state index in [2.05, 4.69) is 0 Å². The highest BCUT2D eigenvalue weighted by Crippen LogP contribution is 2.53. The molecule has 0 aliphatic carbocycles. The van der Waals surface area contributed by atoms with Gasteiger partial charge in [0.05, 0.1) is 18.1 Å². The number of fused-ring (bicyclic) bond motifs is 3. The maximum Gasteiger partial charge on any atom is 0.227 e. The molecule has 4 rings (SSSR count). The van der Waals surface area contributed by atoms with Crippen molar-refractivity contribution in [3.05, 3.63) is 53.7 Å². The van der Waals surface area contributed by atoms with Gasteiger partial charge in [0.25, 0.3) is 0 Å². The lowest BCUT2D eigenvalue weighted by molar-refractivity contribution is -0.119. The van der Waals surface area contributed by atoms with Gasteiger partial charge in [-0.2, -0.15) is 0 Å². The van der Waals surface area contributed by atoms with Crippen LogP contribution in [0.15, 0.2) is 41.0 Å². The number of halogens is 1. The van der Waals surface area contributed by atoms with Crippen molar-refractivity contribution in [3.8, 4) is 0 Å². The van der Waals surface area contributed by atoms with Crippen LogP contribution < -0.4 is 4.90 Å². The first-order chi connectivity index (χ1) is 11.2. The number of ether oxygens (including phenoxy) is 1. The molecule has 3 atom stereocenters. The van der Waals surface area contributed by atoms with Gasteiger partial charge < -0.3 is 14.1 Å². The number of rotatable bonds is 2. The monoisotopic (exact) mass is 315 g/mol. The Bertz CT molecular complexity index is 728. The van der Waals surface area contributed by atoms with Crippen molar-refractivity contribution in [2.45, 2.75) is 31.9 Å². The quantitative estimate of drug-likeness (QED) is 0.841. The highest BCUT2D eigenvalue weighted by Gasteiger charge is 2.48. The van der Waals surface area contributed by atoms with E-state index in [0.717, 1.165) is 23.4 Å². The summed E-state index contributed by atoms with van der Waals surface area (Å²) in [7, 11) is 0. The molecule has 4 nitrogen and oxygen atoms in total. The van der Waals surface area contributed by atoms with Gasteiger partial charge in [-0.1, -0.05) is 6.92 Å². The largest absolute Gasteiger partial charge is 0.467 e. The minimum Gasteiger partial charge on any atom is -0.467 e. The van der Waals surface area contributed by atoms with Crippen LogP contribution in [0.4, 0.5) is 10.1 Å².